The third kappa shape index (κ3) is 8.92. The molecule has 4 nitrogen and oxygen atoms in total. The quantitative estimate of drug-likeness (QED) is 0.398. The summed E-state index contributed by atoms with van der Waals surface area (Å²) in [6.07, 6.45) is 1.39. The Labute approximate surface area is 202 Å². The summed E-state index contributed by atoms with van der Waals surface area (Å²) in [6.45, 7) is 15.5. The van der Waals surface area contributed by atoms with Crippen LogP contribution in [0.15, 0.2) is 35.7 Å². The molecule has 1 atom stereocenters. The van der Waals surface area contributed by atoms with Gasteiger partial charge in [0, 0.05) is 23.9 Å². The summed E-state index contributed by atoms with van der Waals surface area (Å²) in [5.74, 6) is -0.133. The van der Waals surface area contributed by atoms with Gasteiger partial charge in [0.05, 0.1) is 13.1 Å². The molecule has 0 radical (unpaired) electrons. The van der Waals surface area contributed by atoms with Crippen LogP contribution >= 0.6 is 11.3 Å². The van der Waals surface area contributed by atoms with Crippen molar-refractivity contribution in [1.82, 2.24) is 9.80 Å². The Kier molecular flexibility index (Phi) is 9.65. The summed E-state index contributed by atoms with van der Waals surface area (Å²) in [5, 5.41) is 2.02. The van der Waals surface area contributed by atoms with E-state index in [4.69, 9.17) is 0 Å². The SMILES string of the molecule is Cc1ccsc1CN(Cc1ccc(F)cc1)C(=O)CN(C(=O)CC(C)CC(C)(C)C)C(C)C. The molecule has 1 unspecified atom stereocenters. The van der Waals surface area contributed by atoms with E-state index in [1.165, 1.54) is 12.1 Å². The first-order chi connectivity index (χ1) is 15.4. The number of hydrogen-bond donors (Lipinski definition) is 0. The molecule has 0 aliphatic rings. The third-order valence-corrected chi connectivity index (χ3v) is 6.68. The van der Waals surface area contributed by atoms with Crippen molar-refractivity contribution >= 4 is 23.2 Å². The molecule has 1 aromatic heterocycles. The molecular formula is C27H39FN2O2S. The smallest absolute Gasteiger partial charge is 0.242 e. The maximum absolute atomic E-state index is 13.4. The van der Waals surface area contributed by atoms with Gasteiger partial charge in [-0.15, -0.1) is 11.3 Å². The normalized spacial score (nSPS) is 12.6. The number of aryl methyl sites for hydroxylation is 1. The Morgan fingerprint density at radius 2 is 1.64 bits per heavy atom. The Bertz CT molecular complexity index is 915. The Morgan fingerprint density at radius 1 is 1.00 bits per heavy atom. The molecule has 2 rings (SSSR count). The number of hydrogen-bond acceptors (Lipinski definition) is 3. The van der Waals surface area contributed by atoms with Crippen LogP contribution in [0.5, 0.6) is 0 Å². The van der Waals surface area contributed by atoms with Crippen LogP contribution in [-0.2, 0) is 22.7 Å². The molecule has 0 N–H and O–H groups in total. The number of carbonyl (C=O) groups is 2. The van der Waals surface area contributed by atoms with Crippen LogP contribution < -0.4 is 0 Å². The van der Waals surface area contributed by atoms with Gasteiger partial charge < -0.3 is 9.80 Å². The molecule has 1 heterocycles. The van der Waals surface area contributed by atoms with Gasteiger partial charge in [-0.2, -0.15) is 0 Å². The summed E-state index contributed by atoms with van der Waals surface area (Å²) in [4.78, 5) is 31.2. The summed E-state index contributed by atoms with van der Waals surface area (Å²) >= 11 is 1.62. The van der Waals surface area contributed by atoms with Crippen LogP contribution in [0.1, 0.15) is 70.4 Å². The third-order valence-electron chi connectivity index (χ3n) is 5.68. The highest BCUT2D eigenvalue weighted by Crippen LogP contribution is 2.27. The summed E-state index contributed by atoms with van der Waals surface area (Å²) < 4.78 is 13.4. The van der Waals surface area contributed by atoms with E-state index < -0.39 is 0 Å². The standard InChI is InChI=1S/C27H39FN2O2S/c1-19(2)30(25(31)14-20(3)15-27(5,6)7)18-26(32)29(17-24-21(4)12-13-33-24)16-22-8-10-23(28)11-9-22/h8-13,19-20H,14-18H2,1-7H3. The average Bonchev–Trinajstić information content (AvgIpc) is 3.09. The number of thiophene rings is 1. The number of carbonyl (C=O) groups excluding carboxylic acids is 2. The Hall–Kier alpha value is -2.21. The zero-order valence-corrected chi connectivity index (χ0v) is 22.0. The van der Waals surface area contributed by atoms with Crippen LogP contribution in [0.25, 0.3) is 0 Å². The van der Waals surface area contributed by atoms with Gasteiger partial charge in [0.15, 0.2) is 0 Å². The first-order valence-corrected chi connectivity index (χ1v) is 12.6. The molecule has 1 aromatic carbocycles. The summed E-state index contributed by atoms with van der Waals surface area (Å²) in [5.41, 5.74) is 2.16. The fourth-order valence-electron chi connectivity index (χ4n) is 4.12. The second kappa shape index (κ2) is 11.8. The minimum atomic E-state index is -0.299. The predicted octanol–water partition coefficient (Wildman–Crippen LogP) is 6.42. The lowest BCUT2D eigenvalue weighted by molar-refractivity contribution is -0.143. The topological polar surface area (TPSA) is 40.6 Å². The van der Waals surface area contributed by atoms with E-state index in [9.17, 15) is 14.0 Å². The number of halogens is 1. The first-order valence-electron chi connectivity index (χ1n) is 11.7. The predicted molar refractivity (Wildman–Crippen MR) is 134 cm³/mol. The van der Waals surface area contributed by atoms with Crippen LogP contribution in [0, 0.1) is 24.1 Å². The highest BCUT2D eigenvalue weighted by molar-refractivity contribution is 7.10. The van der Waals surface area contributed by atoms with Crippen molar-refractivity contribution in [3.05, 3.63) is 57.5 Å². The van der Waals surface area contributed by atoms with Crippen molar-refractivity contribution in [2.75, 3.05) is 6.54 Å². The second-order valence-electron chi connectivity index (χ2n) is 10.6. The highest BCUT2D eigenvalue weighted by atomic mass is 32.1. The van der Waals surface area contributed by atoms with Crippen LogP contribution in [0.2, 0.25) is 0 Å². The second-order valence-corrected chi connectivity index (χ2v) is 11.6. The zero-order valence-electron chi connectivity index (χ0n) is 21.2. The van der Waals surface area contributed by atoms with Gasteiger partial charge in [-0.25, -0.2) is 4.39 Å². The van der Waals surface area contributed by atoms with Gasteiger partial charge >= 0.3 is 0 Å². The molecule has 0 aliphatic heterocycles. The lowest BCUT2D eigenvalue weighted by Crippen LogP contribution is -2.46. The molecule has 33 heavy (non-hydrogen) atoms. The van der Waals surface area contributed by atoms with Gasteiger partial charge in [0.2, 0.25) is 11.8 Å². The molecule has 0 saturated carbocycles. The van der Waals surface area contributed by atoms with E-state index in [1.807, 2.05) is 32.2 Å². The van der Waals surface area contributed by atoms with Crippen LogP contribution in [-0.4, -0.2) is 34.2 Å². The van der Waals surface area contributed by atoms with Gasteiger partial charge in [-0.3, -0.25) is 9.59 Å². The molecule has 182 valence electrons. The molecule has 2 aromatic rings. The zero-order chi connectivity index (χ0) is 24.8. The van der Waals surface area contributed by atoms with E-state index in [0.29, 0.717) is 19.5 Å². The minimum absolute atomic E-state index is 0.0177. The summed E-state index contributed by atoms with van der Waals surface area (Å²) in [6, 6.07) is 8.21. The van der Waals surface area contributed by atoms with Crippen molar-refractivity contribution in [2.24, 2.45) is 11.3 Å². The van der Waals surface area contributed by atoms with Crippen molar-refractivity contribution in [3.8, 4) is 0 Å². The summed E-state index contributed by atoms with van der Waals surface area (Å²) in [7, 11) is 0. The van der Waals surface area contributed by atoms with Crippen molar-refractivity contribution in [2.45, 2.75) is 80.4 Å². The van der Waals surface area contributed by atoms with Crippen molar-refractivity contribution < 1.29 is 14.0 Å². The van der Waals surface area contributed by atoms with Crippen LogP contribution in [0.4, 0.5) is 4.39 Å². The molecule has 0 fully saturated rings. The number of nitrogens with zero attached hydrogens (tertiary/aromatic N) is 2. The number of amides is 2. The maximum Gasteiger partial charge on any atom is 0.242 e. The van der Waals surface area contributed by atoms with Gasteiger partial charge in [0.25, 0.3) is 0 Å². The maximum atomic E-state index is 13.4. The number of benzene rings is 1. The van der Waals surface area contributed by atoms with E-state index >= 15 is 0 Å². The van der Waals surface area contributed by atoms with E-state index in [1.54, 1.807) is 33.3 Å². The fourth-order valence-corrected chi connectivity index (χ4v) is 5.04. The minimum Gasteiger partial charge on any atom is -0.332 e. The molecular weight excluding hydrogens is 435 g/mol. The Balaban J connectivity index is 2.17. The Morgan fingerprint density at radius 3 is 2.15 bits per heavy atom. The monoisotopic (exact) mass is 474 g/mol. The lowest BCUT2D eigenvalue weighted by atomic mass is 9.84. The lowest BCUT2D eigenvalue weighted by Gasteiger charge is -2.31. The van der Waals surface area contributed by atoms with Crippen LogP contribution in [0.3, 0.4) is 0 Å². The molecule has 0 bridgehead atoms. The van der Waals surface area contributed by atoms with Gasteiger partial charge in [-0.1, -0.05) is 39.8 Å². The van der Waals surface area contributed by atoms with Crippen molar-refractivity contribution in [3.63, 3.8) is 0 Å². The molecule has 0 spiro atoms. The van der Waals surface area contributed by atoms with E-state index in [0.717, 1.165) is 22.4 Å². The van der Waals surface area contributed by atoms with E-state index in [2.05, 4.69) is 27.7 Å². The largest absolute Gasteiger partial charge is 0.332 e. The van der Waals surface area contributed by atoms with E-state index in [-0.39, 0.29) is 41.6 Å². The average molecular weight is 475 g/mol. The number of rotatable bonds is 10. The van der Waals surface area contributed by atoms with Crippen molar-refractivity contribution in [1.29, 1.82) is 0 Å². The molecule has 0 saturated heterocycles. The van der Waals surface area contributed by atoms with Gasteiger partial charge in [-0.05, 0) is 73.2 Å². The molecule has 2 amide bonds. The molecule has 0 aliphatic carbocycles. The fraction of sp³-hybridized carbons (Fsp3) is 0.556. The highest BCUT2D eigenvalue weighted by Gasteiger charge is 2.26. The first kappa shape index (κ1) is 27.0. The molecule has 6 heteroatoms. The van der Waals surface area contributed by atoms with Gasteiger partial charge in [0.1, 0.15) is 5.82 Å².